The number of rotatable bonds is 3. The number of H-pyrrole nitrogens is 2. The van der Waals surface area contributed by atoms with Crippen molar-refractivity contribution in [2.75, 3.05) is 0 Å². The van der Waals surface area contributed by atoms with E-state index in [0.29, 0.717) is 5.92 Å². The average molecular weight is 513 g/mol. The molecule has 7 aromatic rings. The van der Waals surface area contributed by atoms with Crippen LogP contribution in [0.4, 0.5) is 0 Å². The van der Waals surface area contributed by atoms with Gasteiger partial charge in [-0.05, 0) is 83.1 Å². The highest BCUT2D eigenvalue weighted by molar-refractivity contribution is 7.18. The molecule has 0 bridgehead atoms. The van der Waals surface area contributed by atoms with E-state index in [1.807, 2.05) is 6.92 Å². The first-order valence-corrected chi connectivity index (χ1v) is 14.4. The highest BCUT2D eigenvalue weighted by Crippen LogP contribution is 2.41. The van der Waals surface area contributed by atoms with Gasteiger partial charge in [0.25, 0.3) is 0 Å². The van der Waals surface area contributed by atoms with Crippen LogP contribution in [-0.2, 0) is 12.8 Å². The first-order chi connectivity index (χ1) is 18.6. The summed E-state index contributed by atoms with van der Waals surface area (Å²) in [7, 11) is 0. The molecule has 3 aromatic heterocycles. The molecule has 0 amide bonds. The second-order valence-corrected chi connectivity index (χ2v) is 11.7. The van der Waals surface area contributed by atoms with Gasteiger partial charge in [-0.25, -0.2) is 9.97 Å². The van der Waals surface area contributed by atoms with Crippen molar-refractivity contribution in [1.29, 1.82) is 0 Å². The fourth-order valence-corrected chi connectivity index (χ4v) is 7.23. The number of nitrogens with one attached hydrogen (secondary N) is 2. The van der Waals surface area contributed by atoms with Crippen LogP contribution in [0.25, 0.3) is 65.2 Å². The van der Waals surface area contributed by atoms with E-state index in [-0.39, 0.29) is 0 Å². The second kappa shape index (κ2) is 8.02. The monoisotopic (exact) mass is 512 g/mol. The summed E-state index contributed by atoms with van der Waals surface area (Å²) in [5.41, 5.74) is 12.6. The van der Waals surface area contributed by atoms with Gasteiger partial charge < -0.3 is 9.97 Å². The summed E-state index contributed by atoms with van der Waals surface area (Å²) in [6.45, 7) is 6.50. The molecule has 0 fully saturated rings. The molecule has 186 valence electrons. The van der Waals surface area contributed by atoms with Crippen LogP contribution in [0.5, 0.6) is 0 Å². The summed E-state index contributed by atoms with van der Waals surface area (Å²) >= 11 is 1.80. The van der Waals surface area contributed by atoms with E-state index in [9.17, 15) is 0 Å². The highest BCUT2D eigenvalue weighted by Gasteiger charge is 2.22. The Bertz CT molecular complexity index is 2050. The zero-order chi connectivity index (χ0) is 25.5. The van der Waals surface area contributed by atoms with Crippen LogP contribution in [0.15, 0.2) is 60.0 Å². The van der Waals surface area contributed by atoms with Gasteiger partial charge in [0, 0.05) is 26.8 Å². The zero-order valence-electron chi connectivity index (χ0n) is 21.8. The number of aromatic amines is 2. The maximum atomic E-state index is 5.05. The van der Waals surface area contributed by atoms with Crippen molar-refractivity contribution in [3.63, 3.8) is 0 Å². The van der Waals surface area contributed by atoms with E-state index in [1.165, 1.54) is 54.2 Å². The van der Waals surface area contributed by atoms with Crippen LogP contribution in [0.1, 0.15) is 49.0 Å². The SMILES string of the molecule is CCC(C)c1nc2c3c(ccc2[nH]1)-c1ccc(-c2ccc4c(c2)c2sccc2c2nc(C)[nH]c42)cc1CC3. The number of aromatic nitrogens is 4. The zero-order valence-corrected chi connectivity index (χ0v) is 22.6. The molecule has 8 rings (SSSR count). The molecular weight excluding hydrogens is 484 g/mol. The van der Waals surface area contributed by atoms with Crippen LogP contribution < -0.4 is 0 Å². The first-order valence-electron chi connectivity index (χ1n) is 13.5. The molecule has 3 heterocycles. The van der Waals surface area contributed by atoms with Gasteiger partial charge in [0.2, 0.25) is 0 Å². The largest absolute Gasteiger partial charge is 0.342 e. The van der Waals surface area contributed by atoms with E-state index in [4.69, 9.17) is 9.97 Å². The Kier molecular flexibility index (Phi) is 4.66. The lowest BCUT2D eigenvalue weighted by Gasteiger charge is -2.21. The molecule has 1 aliphatic carbocycles. The Morgan fingerprint density at radius 2 is 1.68 bits per heavy atom. The third-order valence-corrected chi connectivity index (χ3v) is 9.45. The Labute approximate surface area is 224 Å². The summed E-state index contributed by atoms with van der Waals surface area (Å²) in [4.78, 5) is 16.9. The summed E-state index contributed by atoms with van der Waals surface area (Å²) in [6, 6.07) is 20.6. The predicted molar refractivity (Wildman–Crippen MR) is 160 cm³/mol. The van der Waals surface area contributed by atoms with Crippen molar-refractivity contribution in [2.24, 2.45) is 0 Å². The number of aryl methyl sites for hydroxylation is 3. The van der Waals surface area contributed by atoms with Crippen molar-refractivity contribution < 1.29 is 0 Å². The van der Waals surface area contributed by atoms with Crippen LogP contribution in [0, 0.1) is 6.92 Å². The quantitative estimate of drug-likeness (QED) is 0.248. The van der Waals surface area contributed by atoms with Crippen molar-refractivity contribution in [2.45, 2.75) is 46.0 Å². The molecule has 2 N–H and O–H groups in total. The lowest BCUT2D eigenvalue weighted by atomic mass is 9.83. The minimum absolute atomic E-state index is 0.447. The first kappa shape index (κ1) is 22.1. The number of benzene rings is 4. The van der Waals surface area contributed by atoms with Crippen LogP contribution in [-0.4, -0.2) is 19.9 Å². The van der Waals surface area contributed by atoms with Gasteiger partial charge in [-0.3, -0.25) is 0 Å². The van der Waals surface area contributed by atoms with Crippen LogP contribution in [0.3, 0.4) is 0 Å². The molecular formula is C33H28N4S. The van der Waals surface area contributed by atoms with E-state index in [2.05, 4.69) is 83.8 Å². The third kappa shape index (κ3) is 3.08. The summed E-state index contributed by atoms with van der Waals surface area (Å²) in [5.74, 6) is 2.51. The maximum Gasteiger partial charge on any atom is 0.110 e. The predicted octanol–water partition coefficient (Wildman–Crippen LogP) is 9.06. The molecule has 38 heavy (non-hydrogen) atoms. The van der Waals surface area contributed by atoms with Crippen molar-refractivity contribution >= 4 is 54.3 Å². The molecule has 1 aliphatic rings. The fourth-order valence-electron chi connectivity index (χ4n) is 6.30. The molecule has 4 nitrogen and oxygen atoms in total. The molecule has 0 aliphatic heterocycles. The average Bonchev–Trinajstić information content (AvgIpc) is 3.69. The lowest BCUT2D eigenvalue weighted by Crippen LogP contribution is -2.05. The Balaban J connectivity index is 1.25. The van der Waals surface area contributed by atoms with Gasteiger partial charge in [0.15, 0.2) is 0 Å². The molecule has 0 radical (unpaired) electrons. The minimum atomic E-state index is 0.447. The number of nitrogens with zero attached hydrogens (tertiary/aromatic N) is 2. The van der Waals surface area contributed by atoms with Crippen molar-refractivity contribution in [3.05, 3.63) is 82.8 Å². The topological polar surface area (TPSA) is 57.4 Å². The van der Waals surface area contributed by atoms with Crippen LogP contribution >= 0.6 is 11.3 Å². The summed E-state index contributed by atoms with van der Waals surface area (Å²) in [6.07, 6.45) is 3.16. The molecule has 0 spiro atoms. The van der Waals surface area contributed by atoms with E-state index < -0.39 is 0 Å². The van der Waals surface area contributed by atoms with E-state index in [1.54, 1.807) is 11.3 Å². The Hall–Kier alpha value is -3.96. The van der Waals surface area contributed by atoms with Gasteiger partial charge in [-0.2, -0.15) is 0 Å². The molecule has 4 aromatic carbocycles. The number of fused-ring (bicyclic) bond motifs is 11. The fraction of sp³-hybridized carbons (Fsp3) is 0.212. The van der Waals surface area contributed by atoms with Gasteiger partial charge in [0.1, 0.15) is 11.6 Å². The maximum absolute atomic E-state index is 5.05. The van der Waals surface area contributed by atoms with Gasteiger partial charge in [-0.15, -0.1) is 11.3 Å². The Morgan fingerprint density at radius 1 is 0.842 bits per heavy atom. The Morgan fingerprint density at radius 3 is 2.58 bits per heavy atom. The second-order valence-electron chi connectivity index (χ2n) is 10.8. The number of hydrogen-bond acceptors (Lipinski definition) is 3. The summed E-state index contributed by atoms with van der Waals surface area (Å²) in [5, 5.41) is 5.96. The standard InChI is InChI=1S/C33H28N4S/c1-4-17(2)33-36-28-12-11-23-22-8-5-19(15-21(22)7-10-24(23)29(28)37-33)20-6-9-25-27(16-20)32-26(13-14-38-32)31-30(25)34-18(3)35-31/h5-6,8-9,11-17H,4,7,10H2,1-3H3,(H,34,35)(H,36,37). The lowest BCUT2D eigenvalue weighted by molar-refractivity contribution is 0.692. The third-order valence-electron chi connectivity index (χ3n) is 8.51. The molecule has 0 saturated heterocycles. The molecule has 1 unspecified atom stereocenters. The molecule has 0 saturated carbocycles. The molecule has 1 atom stereocenters. The minimum Gasteiger partial charge on any atom is -0.342 e. The molecule has 5 heteroatoms. The smallest absolute Gasteiger partial charge is 0.110 e. The van der Waals surface area contributed by atoms with E-state index in [0.717, 1.165) is 53.0 Å². The van der Waals surface area contributed by atoms with Gasteiger partial charge in [-0.1, -0.05) is 50.2 Å². The van der Waals surface area contributed by atoms with Crippen LogP contribution in [0.2, 0.25) is 0 Å². The normalized spacial score (nSPS) is 14.0. The number of thiophene rings is 1. The van der Waals surface area contributed by atoms with Crippen molar-refractivity contribution in [1.82, 2.24) is 19.9 Å². The van der Waals surface area contributed by atoms with Crippen molar-refractivity contribution in [3.8, 4) is 22.3 Å². The highest BCUT2D eigenvalue weighted by atomic mass is 32.1. The van der Waals surface area contributed by atoms with E-state index >= 15 is 0 Å². The summed E-state index contributed by atoms with van der Waals surface area (Å²) < 4.78 is 1.31. The number of imidazole rings is 2. The van der Waals surface area contributed by atoms with Gasteiger partial charge in [0.05, 0.1) is 22.1 Å². The number of hydrogen-bond donors (Lipinski definition) is 2. The van der Waals surface area contributed by atoms with Gasteiger partial charge >= 0.3 is 0 Å².